The molecule has 0 atom stereocenters. The van der Waals surface area contributed by atoms with Crippen molar-refractivity contribution in [3.8, 4) is 5.69 Å². The second-order valence-corrected chi connectivity index (χ2v) is 3.07. The average Bonchev–Trinajstić information content (AvgIpc) is 2.69. The Morgan fingerprint density at radius 3 is 3.00 bits per heavy atom. The van der Waals surface area contributed by atoms with Crippen LogP contribution in [0.2, 0.25) is 0 Å². The largest absolute Gasteiger partial charge is 0.399 e. The number of nitrogens with zero attached hydrogens (tertiary/aromatic N) is 4. The summed E-state index contributed by atoms with van der Waals surface area (Å²) in [4.78, 5) is 0. The van der Waals surface area contributed by atoms with Gasteiger partial charge in [-0.3, -0.25) is 0 Å². The monoisotopic (exact) mass is 207 g/mol. The van der Waals surface area contributed by atoms with Gasteiger partial charge in [0.15, 0.2) is 5.82 Å². The van der Waals surface area contributed by atoms with E-state index in [1.54, 1.807) is 0 Å². The van der Waals surface area contributed by atoms with E-state index in [4.69, 9.17) is 5.73 Å². The van der Waals surface area contributed by atoms with E-state index >= 15 is 0 Å². The molecule has 0 saturated heterocycles. The lowest BCUT2D eigenvalue weighted by molar-refractivity contribution is 0.603. The van der Waals surface area contributed by atoms with Gasteiger partial charge in [0, 0.05) is 12.1 Å². The quantitative estimate of drug-likeness (QED) is 0.744. The molecule has 6 heteroatoms. The van der Waals surface area contributed by atoms with E-state index in [1.165, 1.54) is 22.9 Å². The van der Waals surface area contributed by atoms with Crippen molar-refractivity contribution in [3.05, 3.63) is 29.8 Å². The van der Waals surface area contributed by atoms with E-state index < -0.39 is 5.82 Å². The zero-order valence-electron chi connectivity index (χ0n) is 8.18. The number of hydrogen-bond acceptors (Lipinski definition) is 4. The molecular formula is C9H10FN5. The predicted octanol–water partition coefficient (Wildman–Crippen LogP) is 0.946. The summed E-state index contributed by atoms with van der Waals surface area (Å²) in [5.74, 6) is 0.200. The van der Waals surface area contributed by atoms with Gasteiger partial charge in [-0.2, -0.15) is 4.68 Å². The number of halogens is 1. The summed E-state index contributed by atoms with van der Waals surface area (Å²) in [7, 11) is 0. The molecule has 1 heterocycles. The summed E-state index contributed by atoms with van der Waals surface area (Å²) in [6.07, 6.45) is 0.626. The van der Waals surface area contributed by atoms with Crippen molar-refractivity contribution in [1.29, 1.82) is 0 Å². The highest BCUT2D eigenvalue weighted by molar-refractivity contribution is 5.48. The maximum atomic E-state index is 13.5. The number of benzene rings is 1. The number of nitrogen functional groups attached to an aromatic ring is 1. The summed E-state index contributed by atoms with van der Waals surface area (Å²) in [6.45, 7) is 1.90. The lowest BCUT2D eigenvalue weighted by Crippen LogP contribution is -2.05. The molecule has 0 aliphatic rings. The molecule has 0 spiro atoms. The lowest BCUT2D eigenvalue weighted by atomic mass is 10.2. The highest BCUT2D eigenvalue weighted by atomic mass is 19.1. The molecular weight excluding hydrogens is 197 g/mol. The van der Waals surface area contributed by atoms with Gasteiger partial charge >= 0.3 is 0 Å². The molecule has 2 rings (SSSR count). The van der Waals surface area contributed by atoms with Crippen LogP contribution in [0, 0.1) is 5.82 Å². The number of hydrogen-bond donors (Lipinski definition) is 1. The van der Waals surface area contributed by atoms with Crippen molar-refractivity contribution in [3.63, 3.8) is 0 Å². The summed E-state index contributed by atoms with van der Waals surface area (Å²) >= 11 is 0. The van der Waals surface area contributed by atoms with E-state index in [0.717, 1.165) is 0 Å². The van der Waals surface area contributed by atoms with E-state index in [1.807, 2.05) is 6.92 Å². The van der Waals surface area contributed by atoms with Gasteiger partial charge in [-0.05, 0) is 28.6 Å². The first kappa shape index (κ1) is 9.57. The van der Waals surface area contributed by atoms with Crippen LogP contribution in [-0.2, 0) is 6.42 Å². The van der Waals surface area contributed by atoms with Gasteiger partial charge in [0.1, 0.15) is 11.5 Å². The second-order valence-electron chi connectivity index (χ2n) is 3.07. The number of anilines is 1. The Hall–Kier alpha value is -1.98. The van der Waals surface area contributed by atoms with Crippen LogP contribution < -0.4 is 5.73 Å². The Labute approximate surface area is 85.7 Å². The number of tetrazole rings is 1. The Bertz CT molecular complexity index is 479. The molecule has 2 aromatic rings. The normalized spacial score (nSPS) is 10.5. The van der Waals surface area contributed by atoms with Crippen LogP contribution in [0.5, 0.6) is 0 Å². The number of aryl methyl sites for hydroxylation is 1. The molecule has 0 radical (unpaired) electrons. The van der Waals surface area contributed by atoms with Crippen molar-refractivity contribution in [2.24, 2.45) is 0 Å². The first-order valence-corrected chi connectivity index (χ1v) is 4.55. The fourth-order valence-electron chi connectivity index (χ4n) is 1.31. The van der Waals surface area contributed by atoms with Crippen molar-refractivity contribution in [2.45, 2.75) is 13.3 Å². The minimum atomic E-state index is -0.397. The van der Waals surface area contributed by atoms with Crippen molar-refractivity contribution in [2.75, 3.05) is 5.73 Å². The van der Waals surface area contributed by atoms with E-state index in [-0.39, 0.29) is 5.69 Å². The first-order valence-electron chi connectivity index (χ1n) is 4.55. The molecule has 0 aliphatic carbocycles. The highest BCUT2D eigenvalue weighted by Gasteiger charge is 2.10. The zero-order chi connectivity index (χ0) is 10.8. The third-order valence-electron chi connectivity index (χ3n) is 2.05. The maximum absolute atomic E-state index is 13.5. The van der Waals surface area contributed by atoms with Gasteiger partial charge in [-0.15, -0.1) is 5.10 Å². The molecule has 2 N–H and O–H groups in total. The standard InChI is InChI=1S/C9H10FN5/c1-2-9-12-13-14-15(9)8-5-6(11)3-4-7(8)10/h3-5H,2,11H2,1H3. The Kier molecular flexibility index (Phi) is 2.32. The highest BCUT2D eigenvalue weighted by Crippen LogP contribution is 2.16. The van der Waals surface area contributed by atoms with Crippen molar-refractivity contribution < 1.29 is 4.39 Å². The van der Waals surface area contributed by atoms with Crippen LogP contribution in [-0.4, -0.2) is 20.2 Å². The van der Waals surface area contributed by atoms with Crippen LogP contribution in [0.4, 0.5) is 10.1 Å². The number of nitrogens with two attached hydrogens (primary N) is 1. The van der Waals surface area contributed by atoms with Crippen LogP contribution in [0.1, 0.15) is 12.7 Å². The van der Waals surface area contributed by atoms with Gasteiger partial charge in [0.2, 0.25) is 0 Å². The molecule has 0 bridgehead atoms. The molecule has 0 amide bonds. The smallest absolute Gasteiger partial charge is 0.156 e. The molecule has 78 valence electrons. The first-order chi connectivity index (χ1) is 7.22. The topological polar surface area (TPSA) is 69.6 Å². The summed E-state index contributed by atoms with van der Waals surface area (Å²) in [5, 5.41) is 11.0. The molecule has 0 aliphatic heterocycles. The third kappa shape index (κ3) is 1.65. The zero-order valence-corrected chi connectivity index (χ0v) is 8.18. The fourth-order valence-corrected chi connectivity index (χ4v) is 1.31. The van der Waals surface area contributed by atoms with Crippen LogP contribution in [0.25, 0.3) is 5.69 Å². The average molecular weight is 207 g/mol. The van der Waals surface area contributed by atoms with Crippen molar-refractivity contribution >= 4 is 5.69 Å². The van der Waals surface area contributed by atoms with E-state index in [0.29, 0.717) is 17.9 Å². The maximum Gasteiger partial charge on any atom is 0.156 e. The predicted molar refractivity (Wildman–Crippen MR) is 52.9 cm³/mol. The molecule has 15 heavy (non-hydrogen) atoms. The van der Waals surface area contributed by atoms with Gasteiger partial charge < -0.3 is 5.73 Å². The molecule has 0 saturated carbocycles. The Morgan fingerprint density at radius 2 is 2.27 bits per heavy atom. The van der Waals surface area contributed by atoms with Crippen LogP contribution in [0.3, 0.4) is 0 Å². The molecule has 0 unspecified atom stereocenters. The lowest BCUT2D eigenvalue weighted by Gasteiger charge is -2.04. The number of rotatable bonds is 2. The molecule has 1 aromatic carbocycles. The van der Waals surface area contributed by atoms with Gasteiger partial charge in [0.05, 0.1) is 0 Å². The van der Waals surface area contributed by atoms with E-state index in [2.05, 4.69) is 15.5 Å². The molecule has 0 fully saturated rings. The van der Waals surface area contributed by atoms with Crippen LogP contribution >= 0.6 is 0 Å². The third-order valence-corrected chi connectivity index (χ3v) is 2.05. The summed E-state index contributed by atoms with van der Waals surface area (Å²) in [6, 6.07) is 4.30. The van der Waals surface area contributed by atoms with E-state index in [9.17, 15) is 4.39 Å². The Balaban J connectivity index is 2.58. The molecule has 1 aromatic heterocycles. The van der Waals surface area contributed by atoms with Crippen LogP contribution in [0.15, 0.2) is 18.2 Å². The van der Waals surface area contributed by atoms with Gasteiger partial charge in [-0.1, -0.05) is 6.92 Å². The second kappa shape index (κ2) is 3.64. The summed E-state index contributed by atoms with van der Waals surface area (Å²) in [5.41, 5.74) is 6.33. The minimum Gasteiger partial charge on any atom is -0.399 e. The fraction of sp³-hybridized carbons (Fsp3) is 0.222. The van der Waals surface area contributed by atoms with Crippen molar-refractivity contribution in [1.82, 2.24) is 20.2 Å². The van der Waals surface area contributed by atoms with Gasteiger partial charge in [0.25, 0.3) is 0 Å². The van der Waals surface area contributed by atoms with Gasteiger partial charge in [-0.25, -0.2) is 4.39 Å². The summed E-state index contributed by atoms with van der Waals surface area (Å²) < 4.78 is 14.8. The Morgan fingerprint density at radius 1 is 1.47 bits per heavy atom. The SMILES string of the molecule is CCc1nnnn1-c1cc(N)ccc1F. The molecule has 5 nitrogen and oxygen atoms in total. The number of aromatic nitrogens is 4. The minimum absolute atomic E-state index is 0.275.